The van der Waals surface area contributed by atoms with Crippen molar-refractivity contribution in [2.24, 2.45) is 0 Å². The van der Waals surface area contributed by atoms with Gasteiger partial charge in [0.1, 0.15) is 6.61 Å². The lowest BCUT2D eigenvalue weighted by atomic mass is 10.2. The summed E-state index contributed by atoms with van der Waals surface area (Å²) in [5.74, 6) is -0.416. The molecule has 1 rings (SSSR count). The highest BCUT2D eigenvalue weighted by molar-refractivity contribution is 5.69. The second-order valence-corrected chi connectivity index (χ2v) is 3.66. The van der Waals surface area contributed by atoms with Gasteiger partial charge in [0, 0.05) is 6.61 Å². The summed E-state index contributed by atoms with van der Waals surface area (Å²) in [6.45, 7) is 2.76. The number of rotatable bonds is 7. The Balaban J connectivity index is 2.21. The third kappa shape index (κ3) is 6.04. The normalized spacial score (nSPS) is 12.1. The van der Waals surface area contributed by atoms with Crippen molar-refractivity contribution >= 4 is 5.97 Å². The third-order valence-electron chi connectivity index (χ3n) is 2.16. The number of carbonyl (C=O) groups is 1. The predicted octanol–water partition coefficient (Wildman–Crippen LogP) is 1.52. The molecule has 0 saturated carbocycles. The van der Waals surface area contributed by atoms with Crippen molar-refractivity contribution in [1.29, 1.82) is 0 Å². The first-order valence-corrected chi connectivity index (χ1v) is 5.67. The number of aliphatic hydroxyl groups excluding tert-OH is 1. The Hall–Kier alpha value is -1.39. The lowest BCUT2D eigenvalue weighted by Gasteiger charge is -2.10. The molecule has 0 heterocycles. The minimum absolute atomic E-state index is 0.0349. The van der Waals surface area contributed by atoms with Gasteiger partial charge in [-0.2, -0.15) is 0 Å². The molecule has 1 N–H and O–H groups in total. The number of benzene rings is 1. The van der Waals surface area contributed by atoms with Crippen LogP contribution in [0.5, 0.6) is 0 Å². The maximum absolute atomic E-state index is 11.4. The average molecular weight is 238 g/mol. The molecule has 94 valence electrons. The van der Waals surface area contributed by atoms with Gasteiger partial charge in [-0.3, -0.25) is 4.79 Å². The summed E-state index contributed by atoms with van der Waals surface area (Å²) in [5.41, 5.74) is 0.931. The van der Waals surface area contributed by atoms with Crippen LogP contribution in [0.4, 0.5) is 0 Å². The van der Waals surface area contributed by atoms with E-state index in [1.807, 2.05) is 37.3 Å². The van der Waals surface area contributed by atoms with Gasteiger partial charge in [-0.1, -0.05) is 30.3 Å². The molecular formula is C13H18O4. The SMILES string of the molecule is CCOC[C@@H](O)CC(=O)OCc1ccccc1. The number of esters is 1. The van der Waals surface area contributed by atoms with Crippen LogP contribution in [0.25, 0.3) is 0 Å². The highest BCUT2D eigenvalue weighted by Crippen LogP contribution is 2.03. The Morgan fingerprint density at radius 2 is 2.06 bits per heavy atom. The van der Waals surface area contributed by atoms with E-state index in [0.29, 0.717) is 6.61 Å². The molecule has 0 spiro atoms. The Bertz CT molecular complexity index is 323. The van der Waals surface area contributed by atoms with Crippen LogP contribution in [0.1, 0.15) is 18.9 Å². The van der Waals surface area contributed by atoms with E-state index in [0.717, 1.165) is 5.56 Å². The molecule has 1 aromatic carbocycles. The van der Waals surface area contributed by atoms with E-state index in [4.69, 9.17) is 9.47 Å². The van der Waals surface area contributed by atoms with Crippen LogP contribution in [-0.2, 0) is 20.9 Å². The van der Waals surface area contributed by atoms with E-state index >= 15 is 0 Å². The zero-order valence-electron chi connectivity index (χ0n) is 9.96. The molecular weight excluding hydrogens is 220 g/mol. The van der Waals surface area contributed by atoms with Crippen molar-refractivity contribution in [2.75, 3.05) is 13.2 Å². The Kier molecular flexibility index (Phi) is 6.29. The van der Waals surface area contributed by atoms with Gasteiger partial charge in [-0.15, -0.1) is 0 Å². The maximum Gasteiger partial charge on any atom is 0.308 e. The summed E-state index contributed by atoms with van der Waals surface area (Å²) in [4.78, 5) is 11.4. The van der Waals surface area contributed by atoms with Crippen LogP contribution < -0.4 is 0 Å². The minimum Gasteiger partial charge on any atom is -0.461 e. The first-order chi connectivity index (χ1) is 8.22. The molecule has 1 atom stereocenters. The van der Waals surface area contributed by atoms with Crippen molar-refractivity contribution in [2.45, 2.75) is 26.1 Å². The number of carbonyl (C=O) groups excluding carboxylic acids is 1. The molecule has 0 aromatic heterocycles. The van der Waals surface area contributed by atoms with Crippen molar-refractivity contribution < 1.29 is 19.4 Å². The standard InChI is InChI=1S/C13H18O4/c1-2-16-10-12(14)8-13(15)17-9-11-6-4-3-5-7-11/h3-7,12,14H,2,8-10H2,1H3/t12-/m0/s1. The van der Waals surface area contributed by atoms with Crippen LogP contribution in [0.15, 0.2) is 30.3 Å². The van der Waals surface area contributed by atoms with Gasteiger partial charge < -0.3 is 14.6 Å². The smallest absolute Gasteiger partial charge is 0.308 e. The molecule has 0 amide bonds. The van der Waals surface area contributed by atoms with E-state index in [-0.39, 0.29) is 19.6 Å². The summed E-state index contributed by atoms with van der Waals surface area (Å²) >= 11 is 0. The van der Waals surface area contributed by atoms with Gasteiger partial charge in [-0.05, 0) is 12.5 Å². The Morgan fingerprint density at radius 1 is 1.35 bits per heavy atom. The van der Waals surface area contributed by atoms with Crippen molar-refractivity contribution in [3.63, 3.8) is 0 Å². The fraction of sp³-hybridized carbons (Fsp3) is 0.462. The predicted molar refractivity (Wildman–Crippen MR) is 63.4 cm³/mol. The molecule has 0 aliphatic heterocycles. The summed E-state index contributed by atoms with van der Waals surface area (Å²) in [7, 11) is 0. The Labute approximate surface area is 101 Å². The molecule has 0 aliphatic rings. The van der Waals surface area contributed by atoms with Crippen LogP contribution >= 0.6 is 0 Å². The minimum atomic E-state index is -0.793. The van der Waals surface area contributed by atoms with Crippen LogP contribution in [0.3, 0.4) is 0 Å². The van der Waals surface area contributed by atoms with Gasteiger partial charge >= 0.3 is 5.97 Å². The fourth-order valence-corrected chi connectivity index (χ4v) is 1.30. The summed E-state index contributed by atoms with van der Waals surface area (Å²) in [5, 5.41) is 9.42. The number of hydrogen-bond donors (Lipinski definition) is 1. The second-order valence-electron chi connectivity index (χ2n) is 3.66. The lowest BCUT2D eigenvalue weighted by Crippen LogP contribution is -2.21. The first-order valence-electron chi connectivity index (χ1n) is 5.67. The van der Waals surface area contributed by atoms with Crippen molar-refractivity contribution in [3.8, 4) is 0 Å². The molecule has 0 unspecified atom stereocenters. The van der Waals surface area contributed by atoms with Crippen molar-refractivity contribution in [1.82, 2.24) is 0 Å². The third-order valence-corrected chi connectivity index (χ3v) is 2.16. The molecule has 0 aliphatic carbocycles. The van der Waals surface area contributed by atoms with Gasteiger partial charge in [0.2, 0.25) is 0 Å². The summed E-state index contributed by atoms with van der Waals surface area (Å²) < 4.78 is 10.0. The molecule has 0 radical (unpaired) electrons. The van der Waals surface area contributed by atoms with Gasteiger partial charge in [0.15, 0.2) is 0 Å². The molecule has 0 saturated heterocycles. The zero-order valence-corrected chi connectivity index (χ0v) is 9.96. The largest absolute Gasteiger partial charge is 0.461 e. The topological polar surface area (TPSA) is 55.8 Å². The molecule has 1 aromatic rings. The number of ether oxygens (including phenoxy) is 2. The van der Waals surface area contributed by atoms with Crippen LogP contribution in [-0.4, -0.2) is 30.4 Å². The molecule has 0 fully saturated rings. The lowest BCUT2D eigenvalue weighted by molar-refractivity contribution is -0.148. The molecule has 4 nitrogen and oxygen atoms in total. The van der Waals surface area contributed by atoms with Gasteiger partial charge in [0.25, 0.3) is 0 Å². The maximum atomic E-state index is 11.4. The molecule has 17 heavy (non-hydrogen) atoms. The highest BCUT2D eigenvalue weighted by atomic mass is 16.5. The second kappa shape index (κ2) is 7.81. The van der Waals surface area contributed by atoms with E-state index in [1.165, 1.54) is 0 Å². The monoisotopic (exact) mass is 238 g/mol. The quantitative estimate of drug-likeness (QED) is 0.732. The van der Waals surface area contributed by atoms with Crippen LogP contribution in [0, 0.1) is 0 Å². The Morgan fingerprint density at radius 3 is 2.71 bits per heavy atom. The highest BCUT2D eigenvalue weighted by Gasteiger charge is 2.11. The summed E-state index contributed by atoms with van der Waals surface area (Å²) in [6, 6.07) is 9.42. The van der Waals surface area contributed by atoms with Gasteiger partial charge in [-0.25, -0.2) is 0 Å². The van der Waals surface area contributed by atoms with Crippen LogP contribution in [0.2, 0.25) is 0 Å². The zero-order chi connectivity index (χ0) is 12.5. The van der Waals surface area contributed by atoms with E-state index < -0.39 is 12.1 Å². The van der Waals surface area contributed by atoms with E-state index in [2.05, 4.69) is 0 Å². The first kappa shape index (κ1) is 13.7. The number of aliphatic hydroxyl groups is 1. The molecule has 4 heteroatoms. The fourth-order valence-electron chi connectivity index (χ4n) is 1.30. The van der Waals surface area contributed by atoms with Crippen molar-refractivity contribution in [3.05, 3.63) is 35.9 Å². The average Bonchev–Trinajstić information content (AvgIpc) is 2.35. The summed E-state index contributed by atoms with van der Waals surface area (Å²) in [6.07, 6.45) is -0.828. The molecule has 0 bridgehead atoms. The van der Waals surface area contributed by atoms with E-state index in [9.17, 15) is 9.90 Å². The van der Waals surface area contributed by atoms with E-state index in [1.54, 1.807) is 0 Å². The number of hydrogen-bond acceptors (Lipinski definition) is 4. The van der Waals surface area contributed by atoms with Gasteiger partial charge in [0.05, 0.1) is 19.1 Å².